The Morgan fingerprint density at radius 3 is 2.56 bits per heavy atom. The van der Waals surface area contributed by atoms with Crippen molar-refractivity contribution < 1.29 is 27.9 Å². The summed E-state index contributed by atoms with van der Waals surface area (Å²) in [7, 11) is -3.70. The predicted molar refractivity (Wildman–Crippen MR) is 91.1 cm³/mol. The minimum atomic E-state index is -3.70. The van der Waals surface area contributed by atoms with Crippen LogP contribution in [0.15, 0.2) is 24.3 Å². The molecule has 1 aliphatic heterocycles. The summed E-state index contributed by atoms with van der Waals surface area (Å²) in [5.41, 5.74) is 0.468. The van der Waals surface area contributed by atoms with Gasteiger partial charge in [-0.2, -0.15) is 4.31 Å². The van der Waals surface area contributed by atoms with Crippen LogP contribution in [0.25, 0.3) is 0 Å². The number of carboxylic acid groups (broad SMARTS) is 1. The predicted octanol–water partition coefficient (Wildman–Crippen LogP) is 0.527. The molecule has 1 aliphatic rings. The van der Waals surface area contributed by atoms with Gasteiger partial charge in [-0.25, -0.2) is 8.42 Å². The normalized spacial score (nSPS) is 18.4. The number of carbonyl (C=O) groups excluding carboxylic acids is 1. The largest absolute Gasteiger partial charge is 0.480 e. The maximum atomic E-state index is 12.5. The molecule has 1 amide bonds. The first-order valence-corrected chi connectivity index (χ1v) is 9.73. The number of sulfonamides is 1. The maximum Gasteiger partial charge on any atom is 0.318 e. The van der Waals surface area contributed by atoms with E-state index in [1.54, 1.807) is 29.2 Å². The lowest BCUT2D eigenvalue weighted by molar-refractivity contribution is -0.137. The first kappa shape index (κ1) is 19.6. The molecule has 1 aromatic carbocycles. The first-order chi connectivity index (χ1) is 11.7. The minimum absolute atomic E-state index is 0.129. The zero-order valence-electron chi connectivity index (χ0n) is 13.6. The number of morpholine rings is 1. The molecule has 0 radical (unpaired) electrons. The second-order valence-electron chi connectivity index (χ2n) is 5.70. The number of hydrogen-bond acceptors (Lipinski definition) is 5. The molecule has 1 atom stereocenters. The summed E-state index contributed by atoms with van der Waals surface area (Å²) in [6, 6.07) is 6.46. The van der Waals surface area contributed by atoms with Crippen molar-refractivity contribution in [3.63, 3.8) is 0 Å². The highest BCUT2D eigenvalue weighted by Crippen LogP contribution is 2.15. The molecule has 0 bridgehead atoms. The summed E-state index contributed by atoms with van der Waals surface area (Å²) in [5.74, 6) is -1.47. The van der Waals surface area contributed by atoms with Crippen LogP contribution in [-0.2, 0) is 19.6 Å². The number of halogens is 1. The molecule has 2 rings (SSSR count). The fourth-order valence-corrected chi connectivity index (χ4v) is 3.39. The van der Waals surface area contributed by atoms with Crippen LogP contribution in [0.3, 0.4) is 0 Å². The molecule has 8 nitrogen and oxygen atoms in total. The fraction of sp³-hybridized carbons (Fsp3) is 0.467. The highest BCUT2D eigenvalue weighted by Gasteiger charge is 2.30. The summed E-state index contributed by atoms with van der Waals surface area (Å²) in [4.78, 5) is 24.9. The molecule has 1 unspecified atom stereocenters. The number of rotatable bonds is 6. The number of hydrogen-bond donors (Lipinski definition) is 1. The van der Waals surface area contributed by atoms with Gasteiger partial charge in [0.1, 0.15) is 6.54 Å². The summed E-state index contributed by atoms with van der Waals surface area (Å²) in [6.45, 7) is 0.0108. The second kappa shape index (κ2) is 8.13. The molecule has 1 fully saturated rings. The molecule has 1 heterocycles. The van der Waals surface area contributed by atoms with E-state index in [4.69, 9.17) is 21.4 Å². The summed E-state index contributed by atoms with van der Waals surface area (Å²) < 4.78 is 29.8. The third-order valence-electron chi connectivity index (χ3n) is 3.71. The van der Waals surface area contributed by atoms with Crippen molar-refractivity contribution in [2.24, 2.45) is 0 Å². The van der Waals surface area contributed by atoms with Crippen molar-refractivity contribution in [2.75, 3.05) is 39.0 Å². The number of nitrogens with zero attached hydrogens (tertiary/aromatic N) is 2. The molecule has 0 spiro atoms. The Morgan fingerprint density at radius 2 is 2.00 bits per heavy atom. The molecule has 0 aliphatic carbocycles. The van der Waals surface area contributed by atoms with Crippen molar-refractivity contribution >= 4 is 33.5 Å². The van der Waals surface area contributed by atoms with Gasteiger partial charge >= 0.3 is 5.97 Å². The number of aliphatic carboxylic acids is 1. The number of benzene rings is 1. The van der Waals surface area contributed by atoms with E-state index in [1.165, 1.54) is 0 Å². The van der Waals surface area contributed by atoms with E-state index in [-0.39, 0.29) is 25.6 Å². The van der Waals surface area contributed by atoms with E-state index in [0.717, 1.165) is 10.6 Å². The van der Waals surface area contributed by atoms with Crippen LogP contribution in [0.2, 0.25) is 5.02 Å². The van der Waals surface area contributed by atoms with Crippen LogP contribution in [0.4, 0.5) is 0 Å². The first-order valence-electron chi connectivity index (χ1n) is 7.50. The Bertz CT molecular complexity index is 737. The summed E-state index contributed by atoms with van der Waals surface area (Å²) >= 11 is 5.81. The third-order valence-corrected chi connectivity index (χ3v) is 5.17. The standard InChI is InChI=1S/C15H19ClN2O6S/c1-25(22,23)18(10-14(19)20)9-13-8-17(6-7-24-13)15(21)11-2-4-12(16)5-3-11/h2-5,13H,6-10H2,1H3,(H,19,20). The lowest BCUT2D eigenvalue weighted by atomic mass is 10.1. The van der Waals surface area contributed by atoms with Gasteiger partial charge < -0.3 is 14.7 Å². The van der Waals surface area contributed by atoms with Gasteiger partial charge in [0.15, 0.2) is 0 Å². The van der Waals surface area contributed by atoms with E-state index in [0.29, 0.717) is 17.1 Å². The van der Waals surface area contributed by atoms with E-state index in [9.17, 15) is 18.0 Å². The van der Waals surface area contributed by atoms with Crippen molar-refractivity contribution in [1.82, 2.24) is 9.21 Å². The van der Waals surface area contributed by atoms with Gasteiger partial charge in [0.25, 0.3) is 5.91 Å². The van der Waals surface area contributed by atoms with E-state index in [2.05, 4.69) is 0 Å². The van der Waals surface area contributed by atoms with Gasteiger partial charge in [0.2, 0.25) is 10.0 Å². The quantitative estimate of drug-likeness (QED) is 0.759. The zero-order valence-corrected chi connectivity index (χ0v) is 15.2. The highest BCUT2D eigenvalue weighted by atomic mass is 35.5. The van der Waals surface area contributed by atoms with Crippen molar-refractivity contribution in [3.8, 4) is 0 Å². The van der Waals surface area contributed by atoms with Gasteiger partial charge in [-0.3, -0.25) is 9.59 Å². The molecule has 1 N–H and O–H groups in total. The second-order valence-corrected chi connectivity index (χ2v) is 8.12. The minimum Gasteiger partial charge on any atom is -0.480 e. The molecule has 0 saturated carbocycles. The average Bonchev–Trinajstić information content (AvgIpc) is 2.53. The third kappa shape index (κ3) is 5.67. The van der Waals surface area contributed by atoms with E-state index >= 15 is 0 Å². The van der Waals surface area contributed by atoms with Crippen molar-refractivity contribution in [1.29, 1.82) is 0 Å². The SMILES string of the molecule is CS(=O)(=O)N(CC(=O)O)CC1CN(C(=O)c2ccc(Cl)cc2)CCO1. The topological polar surface area (TPSA) is 104 Å². The van der Waals surface area contributed by atoms with Crippen LogP contribution >= 0.6 is 11.6 Å². The molecule has 10 heteroatoms. The van der Waals surface area contributed by atoms with Crippen molar-refractivity contribution in [2.45, 2.75) is 6.10 Å². The van der Waals surface area contributed by atoms with Crippen molar-refractivity contribution in [3.05, 3.63) is 34.9 Å². The molecule has 1 aromatic rings. The Morgan fingerprint density at radius 1 is 1.36 bits per heavy atom. The van der Waals surface area contributed by atoms with Crippen LogP contribution in [0.5, 0.6) is 0 Å². The van der Waals surface area contributed by atoms with Crippen LogP contribution in [0, 0.1) is 0 Å². The number of ether oxygens (including phenoxy) is 1. The molecule has 1 saturated heterocycles. The van der Waals surface area contributed by atoms with Crippen LogP contribution in [0.1, 0.15) is 10.4 Å². The molecule has 0 aromatic heterocycles. The zero-order chi connectivity index (χ0) is 18.6. The monoisotopic (exact) mass is 390 g/mol. The average molecular weight is 391 g/mol. The van der Waals surface area contributed by atoms with Gasteiger partial charge in [-0.1, -0.05) is 11.6 Å². The van der Waals surface area contributed by atoms with Crippen LogP contribution < -0.4 is 0 Å². The van der Waals surface area contributed by atoms with Crippen LogP contribution in [-0.4, -0.2) is 79.8 Å². The molecular formula is C15H19ClN2O6S. The summed E-state index contributed by atoms with van der Waals surface area (Å²) in [6.07, 6.45) is 0.342. The number of amides is 1. The smallest absolute Gasteiger partial charge is 0.318 e. The van der Waals surface area contributed by atoms with Gasteiger partial charge in [-0.15, -0.1) is 0 Å². The Hall–Kier alpha value is -1.68. The van der Waals surface area contributed by atoms with E-state index in [1.807, 2.05) is 0 Å². The lowest BCUT2D eigenvalue weighted by Gasteiger charge is -2.34. The van der Waals surface area contributed by atoms with Gasteiger partial charge in [0, 0.05) is 30.2 Å². The van der Waals surface area contributed by atoms with E-state index < -0.39 is 28.6 Å². The summed E-state index contributed by atoms with van der Waals surface area (Å²) in [5, 5.41) is 9.39. The lowest BCUT2D eigenvalue weighted by Crippen LogP contribution is -2.51. The highest BCUT2D eigenvalue weighted by molar-refractivity contribution is 7.88. The fourth-order valence-electron chi connectivity index (χ4n) is 2.48. The molecular weight excluding hydrogens is 372 g/mol. The Balaban J connectivity index is 2.05. The number of carbonyl (C=O) groups is 2. The Kier molecular flexibility index (Phi) is 6.39. The molecule has 138 valence electrons. The number of carboxylic acids is 1. The molecule has 25 heavy (non-hydrogen) atoms. The van der Waals surface area contributed by atoms with Gasteiger partial charge in [-0.05, 0) is 24.3 Å². The maximum absolute atomic E-state index is 12.5. The Labute approximate surface area is 151 Å². The van der Waals surface area contributed by atoms with Gasteiger partial charge in [0.05, 0.1) is 19.0 Å².